The van der Waals surface area contributed by atoms with E-state index < -0.39 is 0 Å². The van der Waals surface area contributed by atoms with Gasteiger partial charge in [0.1, 0.15) is 0 Å². The zero-order chi connectivity index (χ0) is 6.69. The quantitative estimate of drug-likeness (QED) is 0.561. The van der Waals surface area contributed by atoms with E-state index in [0.29, 0.717) is 0 Å². The minimum atomic E-state index is 1.21. The first-order chi connectivity index (χ1) is 4.34. The van der Waals surface area contributed by atoms with Crippen LogP contribution in [0.25, 0.3) is 0 Å². The maximum Gasteiger partial charge on any atom is 0.0323 e. The third-order valence-corrected chi connectivity index (χ3v) is 1.70. The van der Waals surface area contributed by atoms with Gasteiger partial charge in [0.15, 0.2) is 0 Å². The monoisotopic (exact) mass is 123 g/mol. The molecule has 1 aliphatic carbocycles. The van der Waals surface area contributed by atoms with Gasteiger partial charge in [0, 0.05) is 12.7 Å². The lowest BCUT2D eigenvalue weighted by atomic mass is 10.0. The summed E-state index contributed by atoms with van der Waals surface area (Å²) in [6, 6.07) is 0. The fraction of sp³-hybridized carbons (Fsp3) is 0.500. The van der Waals surface area contributed by atoms with Crippen molar-refractivity contribution < 1.29 is 0 Å². The molecule has 9 heavy (non-hydrogen) atoms. The summed E-state index contributed by atoms with van der Waals surface area (Å²) in [5, 5.41) is 3.15. The van der Waals surface area contributed by atoms with E-state index in [1.165, 1.54) is 24.1 Å². The smallest absolute Gasteiger partial charge is 0.0323 e. The van der Waals surface area contributed by atoms with Gasteiger partial charge >= 0.3 is 0 Å². The molecule has 0 atom stereocenters. The molecule has 0 bridgehead atoms. The van der Waals surface area contributed by atoms with Crippen molar-refractivity contribution in [3.8, 4) is 0 Å². The molecule has 0 aromatic carbocycles. The first kappa shape index (κ1) is 6.40. The van der Waals surface area contributed by atoms with Crippen LogP contribution >= 0.6 is 0 Å². The van der Waals surface area contributed by atoms with Crippen LogP contribution in [0.3, 0.4) is 0 Å². The Kier molecular flexibility index (Phi) is 1.93. The Hall–Kier alpha value is -0.720. The van der Waals surface area contributed by atoms with E-state index in [1.807, 2.05) is 7.05 Å². The van der Waals surface area contributed by atoms with Gasteiger partial charge in [0.25, 0.3) is 0 Å². The molecular weight excluding hydrogens is 110 g/mol. The van der Waals surface area contributed by atoms with E-state index in [0.717, 1.165) is 0 Å². The maximum absolute atomic E-state index is 3.15. The number of hydrogen-bond acceptors (Lipinski definition) is 1. The fourth-order valence-electron chi connectivity index (χ4n) is 1.07. The number of hydrogen-bond donors (Lipinski definition) is 1. The van der Waals surface area contributed by atoms with Crippen LogP contribution in [0.15, 0.2) is 23.4 Å². The van der Waals surface area contributed by atoms with Crippen molar-refractivity contribution in [3.63, 3.8) is 0 Å². The molecule has 0 fully saturated rings. The Morgan fingerprint density at radius 2 is 2.33 bits per heavy atom. The summed E-state index contributed by atoms with van der Waals surface area (Å²) < 4.78 is 0. The molecule has 1 heteroatoms. The molecule has 0 saturated carbocycles. The third kappa shape index (κ3) is 1.35. The van der Waals surface area contributed by atoms with Gasteiger partial charge in [0.2, 0.25) is 0 Å². The number of allylic oxidation sites excluding steroid dienone is 3. The summed E-state index contributed by atoms with van der Waals surface area (Å²) in [5.74, 6) is 0. The molecule has 0 radical (unpaired) electrons. The van der Waals surface area contributed by atoms with Crippen molar-refractivity contribution in [2.75, 3.05) is 7.05 Å². The van der Waals surface area contributed by atoms with Gasteiger partial charge < -0.3 is 5.32 Å². The van der Waals surface area contributed by atoms with Gasteiger partial charge in [-0.1, -0.05) is 6.08 Å². The second-order valence-electron chi connectivity index (χ2n) is 2.39. The average Bonchev–Trinajstić information content (AvgIpc) is 1.89. The highest BCUT2D eigenvalue weighted by atomic mass is 14.8. The molecule has 1 nitrogen and oxygen atoms in total. The van der Waals surface area contributed by atoms with Crippen LogP contribution in [0.4, 0.5) is 0 Å². The summed E-state index contributed by atoms with van der Waals surface area (Å²) in [4.78, 5) is 0. The van der Waals surface area contributed by atoms with E-state index >= 15 is 0 Å². The minimum Gasteiger partial charge on any atom is -0.388 e. The molecule has 50 valence electrons. The van der Waals surface area contributed by atoms with Crippen LogP contribution < -0.4 is 5.32 Å². The van der Waals surface area contributed by atoms with Crippen LogP contribution in [0.5, 0.6) is 0 Å². The van der Waals surface area contributed by atoms with Crippen molar-refractivity contribution in [1.82, 2.24) is 5.32 Å². The molecule has 1 N–H and O–H groups in total. The molecule has 0 aromatic heterocycles. The zero-order valence-corrected chi connectivity index (χ0v) is 6.07. The number of rotatable bonds is 1. The predicted molar refractivity (Wildman–Crippen MR) is 40.1 cm³/mol. The highest BCUT2D eigenvalue weighted by molar-refractivity contribution is 5.26. The van der Waals surface area contributed by atoms with Gasteiger partial charge in [-0.15, -0.1) is 0 Å². The van der Waals surface area contributed by atoms with Crippen LogP contribution in [-0.2, 0) is 0 Å². The van der Waals surface area contributed by atoms with Gasteiger partial charge in [-0.05, 0) is 31.4 Å². The van der Waals surface area contributed by atoms with E-state index in [-0.39, 0.29) is 0 Å². The van der Waals surface area contributed by atoms with Gasteiger partial charge in [0.05, 0.1) is 0 Å². The van der Waals surface area contributed by atoms with Crippen molar-refractivity contribution in [2.24, 2.45) is 0 Å². The summed E-state index contributed by atoms with van der Waals surface area (Å²) in [6.07, 6.45) is 6.78. The lowest BCUT2D eigenvalue weighted by Gasteiger charge is -2.10. The van der Waals surface area contributed by atoms with Gasteiger partial charge in [-0.3, -0.25) is 0 Å². The standard InChI is InChI=1S/C8H13N/c1-7-5-3-4-6-8(7)9-2/h4,6,9H,3,5H2,1-2H3. The van der Waals surface area contributed by atoms with E-state index in [9.17, 15) is 0 Å². The SMILES string of the molecule is CNC1=C(C)CCC=C1. The summed E-state index contributed by atoms with van der Waals surface area (Å²) in [5.41, 5.74) is 2.77. The molecule has 0 aromatic rings. The topological polar surface area (TPSA) is 12.0 Å². The lowest BCUT2D eigenvalue weighted by molar-refractivity contribution is 0.882. The second-order valence-corrected chi connectivity index (χ2v) is 2.39. The highest BCUT2D eigenvalue weighted by Gasteiger charge is 1.99. The molecule has 1 rings (SSSR count). The van der Waals surface area contributed by atoms with Crippen LogP contribution in [0.1, 0.15) is 19.8 Å². The summed E-state index contributed by atoms with van der Waals surface area (Å²) in [6.45, 7) is 2.18. The Bertz CT molecular complexity index is 154. The van der Waals surface area contributed by atoms with E-state index in [1.54, 1.807) is 0 Å². The number of likely N-dealkylation sites (N-methyl/N-ethyl adjacent to an activating group) is 1. The first-order valence-corrected chi connectivity index (χ1v) is 3.38. The van der Waals surface area contributed by atoms with Crippen molar-refractivity contribution in [2.45, 2.75) is 19.8 Å². The van der Waals surface area contributed by atoms with Crippen LogP contribution in [0.2, 0.25) is 0 Å². The van der Waals surface area contributed by atoms with E-state index in [2.05, 4.69) is 24.4 Å². The second kappa shape index (κ2) is 2.72. The molecule has 0 saturated heterocycles. The average molecular weight is 123 g/mol. The Balaban J connectivity index is 2.72. The van der Waals surface area contributed by atoms with Crippen molar-refractivity contribution in [3.05, 3.63) is 23.4 Å². The molecule has 0 spiro atoms. The first-order valence-electron chi connectivity index (χ1n) is 3.38. The molecule has 0 aliphatic heterocycles. The fourth-order valence-corrected chi connectivity index (χ4v) is 1.07. The molecule has 0 unspecified atom stereocenters. The molecule has 0 heterocycles. The largest absolute Gasteiger partial charge is 0.388 e. The zero-order valence-electron chi connectivity index (χ0n) is 6.07. The van der Waals surface area contributed by atoms with Crippen molar-refractivity contribution in [1.29, 1.82) is 0 Å². The highest BCUT2D eigenvalue weighted by Crippen LogP contribution is 2.14. The molecular formula is C8H13N. The maximum atomic E-state index is 3.15. The Morgan fingerprint density at radius 3 is 2.78 bits per heavy atom. The lowest BCUT2D eigenvalue weighted by Crippen LogP contribution is -2.07. The molecule has 1 aliphatic rings. The van der Waals surface area contributed by atoms with Crippen LogP contribution in [-0.4, -0.2) is 7.05 Å². The Labute approximate surface area is 56.5 Å². The number of nitrogens with one attached hydrogen (secondary N) is 1. The Morgan fingerprint density at radius 1 is 1.56 bits per heavy atom. The third-order valence-electron chi connectivity index (χ3n) is 1.70. The van der Waals surface area contributed by atoms with Gasteiger partial charge in [-0.25, -0.2) is 0 Å². The van der Waals surface area contributed by atoms with Crippen molar-refractivity contribution >= 4 is 0 Å². The van der Waals surface area contributed by atoms with E-state index in [4.69, 9.17) is 0 Å². The minimum absolute atomic E-state index is 1.21. The summed E-state index contributed by atoms with van der Waals surface area (Å²) in [7, 11) is 1.97. The predicted octanol–water partition coefficient (Wildman–Crippen LogP) is 1.83. The molecule has 0 amide bonds. The normalized spacial score (nSPS) is 18.4. The summed E-state index contributed by atoms with van der Waals surface area (Å²) >= 11 is 0. The van der Waals surface area contributed by atoms with Crippen LogP contribution in [0, 0.1) is 0 Å². The van der Waals surface area contributed by atoms with Gasteiger partial charge in [-0.2, -0.15) is 0 Å².